The quantitative estimate of drug-likeness (QED) is 0.715. The number of ether oxygens (including phenoxy) is 1. The molecule has 4 rings (SSSR count). The van der Waals surface area contributed by atoms with E-state index in [1.54, 1.807) is 7.11 Å². The van der Waals surface area contributed by atoms with Gasteiger partial charge in [0.2, 0.25) is 5.82 Å². The molecule has 0 amide bonds. The first-order valence-corrected chi connectivity index (χ1v) is 11.2. The number of aromatic nitrogens is 3. The number of likely N-dealkylation sites (tertiary alicyclic amines) is 1. The fourth-order valence-corrected chi connectivity index (χ4v) is 4.56. The van der Waals surface area contributed by atoms with Crippen molar-refractivity contribution in [3.05, 3.63) is 24.1 Å². The molecule has 2 aromatic heterocycles. The smallest absolute Gasteiger partial charge is 0.252 e. The van der Waals surface area contributed by atoms with E-state index in [2.05, 4.69) is 44.8 Å². The molecule has 2 aliphatic heterocycles. The highest BCUT2D eigenvalue weighted by Crippen LogP contribution is 2.23. The van der Waals surface area contributed by atoms with Gasteiger partial charge in [-0.1, -0.05) is 11.2 Å². The SMILES string of the molecule is COCc1nc(-c2cccc(N3CCCN(C4CCN(C(C)C)CC4)CC3)n2)no1. The van der Waals surface area contributed by atoms with Crippen LogP contribution in [0.2, 0.25) is 0 Å². The van der Waals surface area contributed by atoms with Crippen molar-refractivity contribution in [2.24, 2.45) is 0 Å². The van der Waals surface area contributed by atoms with Crippen molar-refractivity contribution in [3.63, 3.8) is 0 Å². The molecule has 0 atom stereocenters. The summed E-state index contributed by atoms with van der Waals surface area (Å²) in [6.45, 7) is 11.7. The van der Waals surface area contributed by atoms with E-state index in [4.69, 9.17) is 14.2 Å². The molecule has 0 radical (unpaired) electrons. The Morgan fingerprint density at radius 3 is 2.67 bits per heavy atom. The van der Waals surface area contributed by atoms with Crippen LogP contribution in [0.15, 0.2) is 22.7 Å². The third kappa shape index (κ3) is 4.99. The molecule has 0 saturated carbocycles. The maximum Gasteiger partial charge on any atom is 0.252 e. The van der Waals surface area contributed by atoms with E-state index in [-0.39, 0.29) is 0 Å². The molecule has 0 unspecified atom stereocenters. The largest absolute Gasteiger partial charge is 0.375 e. The first-order valence-electron chi connectivity index (χ1n) is 11.2. The molecule has 8 heteroatoms. The van der Waals surface area contributed by atoms with Gasteiger partial charge in [-0.05, 0) is 58.3 Å². The second kappa shape index (κ2) is 9.85. The highest BCUT2D eigenvalue weighted by atomic mass is 16.5. The molecular formula is C22H34N6O2. The normalized spacial score (nSPS) is 20.1. The Hall–Kier alpha value is -2.03. The summed E-state index contributed by atoms with van der Waals surface area (Å²) in [7, 11) is 1.61. The number of anilines is 1. The maximum absolute atomic E-state index is 5.22. The fourth-order valence-electron chi connectivity index (χ4n) is 4.56. The molecule has 0 N–H and O–H groups in total. The van der Waals surface area contributed by atoms with E-state index >= 15 is 0 Å². The van der Waals surface area contributed by atoms with Crippen LogP contribution in [0, 0.1) is 0 Å². The Labute approximate surface area is 179 Å². The number of piperidine rings is 1. The highest BCUT2D eigenvalue weighted by Gasteiger charge is 2.27. The van der Waals surface area contributed by atoms with Crippen LogP contribution in [0.3, 0.4) is 0 Å². The minimum atomic E-state index is 0.310. The number of hydrogen-bond donors (Lipinski definition) is 0. The van der Waals surface area contributed by atoms with Crippen molar-refractivity contribution in [1.82, 2.24) is 24.9 Å². The third-order valence-corrected chi connectivity index (χ3v) is 6.30. The second-order valence-corrected chi connectivity index (χ2v) is 8.56. The Morgan fingerprint density at radius 2 is 1.90 bits per heavy atom. The predicted molar refractivity (Wildman–Crippen MR) is 116 cm³/mol. The Kier molecular flexibility index (Phi) is 6.97. The Morgan fingerprint density at radius 1 is 1.07 bits per heavy atom. The van der Waals surface area contributed by atoms with Gasteiger partial charge >= 0.3 is 0 Å². The average Bonchev–Trinajstić information content (AvgIpc) is 3.09. The summed E-state index contributed by atoms with van der Waals surface area (Å²) < 4.78 is 10.3. The summed E-state index contributed by atoms with van der Waals surface area (Å²) in [5.74, 6) is 1.97. The van der Waals surface area contributed by atoms with Gasteiger partial charge in [0, 0.05) is 45.4 Å². The van der Waals surface area contributed by atoms with Crippen molar-refractivity contribution in [2.75, 3.05) is 51.3 Å². The van der Waals surface area contributed by atoms with Crippen LogP contribution < -0.4 is 4.90 Å². The molecule has 0 bridgehead atoms. The summed E-state index contributed by atoms with van der Waals surface area (Å²) >= 11 is 0. The van der Waals surface area contributed by atoms with Gasteiger partial charge < -0.3 is 19.1 Å². The lowest BCUT2D eigenvalue weighted by Gasteiger charge is -2.39. The van der Waals surface area contributed by atoms with Crippen LogP contribution in [-0.4, -0.2) is 83.4 Å². The van der Waals surface area contributed by atoms with E-state index in [9.17, 15) is 0 Å². The fraction of sp³-hybridized carbons (Fsp3) is 0.682. The number of hydrogen-bond acceptors (Lipinski definition) is 8. The zero-order valence-electron chi connectivity index (χ0n) is 18.5. The lowest BCUT2D eigenvalue weighted by molar-refractivity contribution is 0.0965. The summed E-state index contributed by atoms with van der Waals surface area (Å²) in [6, 6.07) is 7.41. The minimum absolute atomic E-state index is 0.310. The summed E-state index contributed by atoms with van der Waals surface area (Å²) in [6.07, 6.45) is 3.73. The van der Waals surface area contributed by atoms with E-state index in [0.29, 0.717) is 24.4 Å². The average molecular weight is 415 g/mol. The van der Waals surface area contributed by atoms with Gasteiger partial charge in [0.25, 0.3) is 5.89 Å². The van der Waals surface area contributed by atoms with Crippen molar-refractivity contribution >= 4 is 5.82 Å². The number of rotatable bonds is 6. The highest BCUT2D eigenvalue weighted by molar-refractivity contribution is 5.53. The first-order chi connectivity index (χ1) is 14.6. The van der Waals surface area contributed by atoms with Crippen molar-refractivity contribution in [3.8, 4) is 11.5 Å². The Balaban J connectivity index is 1.37. The van der Waals surface area contributed by atoms with Crippen LogP contribution in [0.25, 0.3) is 11.5 Å². The maximum atomic E-state index is 5.22. The molecule has 0 aromatic carbocycles. The van der Waals surface area contributed by atoms with Crippen LogP contribution in [0.1, 0.15) is 39.0 Å². The molecule has 2 aliphatic rings. The molecule has 30 heavy (non-hydrogen) atoms. The molecule has 8 nitrogen and oxygen atoms in total. The van der Waals surface area contributed by atoms with Crippen LogP contribution >= 0.6 is 0 Å². The van der Waals surface area contributed by atoms with Gasteiger partial charge in [-0.2, -0.15) is 4.98 Å². The second-order valence-electron chi connectivity index (χ2n) is 8.56. The first kappa shape index (κ1) is 21.2. The van der Waals surface area contributed by atoms with E-state index in [1.165, 1.54) is 32.5 Å². The summed E-state index contributed by atoms with van der Waals surface area (Å²) in [5, 5.41) is 4.04. The van der Waals surface area contributed by atoms with Gasteiger partial charge in [0.15, 0.2) is 0 Å². The number of pyridine rings is 1. The molecule has 2 saturated heterocycles. The van der Waals surface area contributed by atoms with Gasteiger partial charge in [-0.3, -0.25) is 4.90 Å². The third-order valence-electron chi connectivity index (χ3n) is 6.30. The van der Waals surface area contributed by atoms with E-state index < -0.39 is 0 Å². The molecule has 0 aliphatic carbocycles. The number of methoxy groups -OCH3 is 1. The number of nitrogens with zero attached hydrogens (tertiary/aromatic N) is 6. The molecule has 164 valence electrons. The topological polar surface area (TPSA) is 70.8 Å². The van der Waals surface area contributed by atoms with Gasteiger partial charge in [-0.15, -0.1) is 0 Å². The van der Waals surface area contributed by atoms with E-state index in [0.717, 1.165) is 43.6 Å². The predicted octanol–water partition coefficient (Wildman–Crippen LogP) is 2.66. The van der Waals surface area contributed by atoms with Gasteiger partial charge in [0.1, 0.15) is 18.1 Å². The van der Waals surface area contributed by atoms with Gasteiger partial charge in [0.05, 0.1) is 0 Å². The zero-order chi connectivity index (χ0) is 20.9. The lowest BCUT2D eigenvalue weighted by Crippen LogP contribution is -2.47. The molecule has 2 fully saturated rings. The summed E-state index contributed by atoms with van der Waals surface area (Å²) in [4.78, 5) is 16.9. The molecule has 4 heterocycles. The Bertz CT molecular complexity index is 802. The lowest BCUT2D eigenvalue weighted by atomic mass is 10.0. The summed E-state index contributed by atoms with van der Waals surface area (Å²) in [5.41, 5.74) is 0.737. The van der Waals surface area contributed by atoms with Crippen molar-refractivity contribution < 1.29 is 9.26 Å². The molecular weight excluding hydrogens is 380 g/mol. The van der Waals surface area contributed by atoms with Crippen LogP contribution in [0.4, 0.5) is 5.82 Å². The van der Waals surface area contributed by atoms with Gasteiger partial charge in [-0.25, -0.2) is 4.98 Å². The van der Waals surface area contributed by atoms with E-state index in [1.807, 2.05) is 12.1 Å². The van der Waals surface area contributed by atoms with Crippen molar-refractivity contribution in [2.45, 2.75) is 51.8 Å². The van der Waals surface area contributed by atoms with Crippen molar-refractivity contribution in [1.29, 1.82) is 0 Å². The monoisotopic (exact) mass is 414 g/mol. The standard InChI is InChI=1S/C22H34N6O2/c1-17(2)26-12-8-18(9-13-26)27-10-5-11-28(15-14-27)20-7-4-6-19(23-20)22-24-21(16-29-3)30-25-22/h4,6-7,17-18H,5,8-16H2,1-3H3. The molecule has 2 aromatic rings. The zero-order valence-corrected chi connectivity index (χ0v) is 18.5. The minimum Gasteiger partial charge on any atom is -0.375 e. The van der Waals surface area contributed by atoms with Crippen LogP contribution in [-0.2, 0) is 11.3 Å². The van der Waals surface area contributed by atoms with Crippen LogP contribution in [0.5, 0.6) is 0 Å². The molecule has 0 spiro atoms.